The van der Waals surface area contributed by atoms with Gasteiger partial charge in [-0.3, -0.25) is 14.5 Å². The monoisotopic (exact) mass is 397 g/mol. The SMILES string of the molecule is CC(C)C(=O)N1CCCc2cc(-c3csc(N(C)C(=O)C4CCC4)n3)ccc21. The van der Waals surface area contributed by atoms with E-state index >= 15 is 0 Å². The number of carbonyl (C=O) groups excluding carboxylic acids is 2. The zero-order valence-electron chi connectivity index (χ0n) is 16.8. The lowest BCUT2D eigenvalue weighted by molar-refractivity contribution is -0.124. The zero-order valence-corrected chi connectivity index (χ0v) is 17.6. The molecule has 1 aromatic heterocycles. The van der Waals surface area contributed by atoms with E-state index in [1.54, 1.807) is 4.90 Å². The summed E-state index contributed by atoms with van der Waals surface area (Å²) in [5, 5.41) is 2.77. The highest BCUT2D eigenvalue weighted by atomic mass is 32.1. The second-order valence-corrected chi connectivity index (χ2v) is 8.97. The normalized spacial score (nSPS) is 16.6. The summed E-state index contributed by atoms with van der Waals surface area (Å²) in [5.74, 6) is 0.530. The first-order valence-electron chi connectivity index (χ1n) is 10.1. The average Bonchev–Trinajstić information content (AvgIpc) is 3.14. The number of anilines is 2. The molecule has 0 saturated heterocycles. The third-order valence-corrected chi connectivity index (χ3v) is 6.73. The lowest BCUT2D eigenvalue weighted by Gasteiger charge is -2.31. The number of amides is 2. The van der Waals surface area contributed by atoms with E-state index in [1.807, 2.05) is 43.3 Å². The molecule has 5 nitrogen and oxygen atoms in total. The van der Waals surface area contributed by atoms with Crippen LogP contribution in [0, 0.1) is 11.8 Å². The van der Waals surface area contributed by atoms with E-state index in [2.05, 4.69) is 6.07 Å². The Morgan fingerprint density at radius 1 is 1.25 bits per heavy atom. The van der Waals surface area contributed by atoms with Crippen LogP contribution in [0.1, 0.15) is 45.1 Å². The Labute approximate surface area is 170 Å². The number of rotatable bonds is 4. The van der Waals surface area contributed by atoms with Crippen LogP contribution < -0.4 is 9.80 Å². The van der Waals surface area contributed by atoms with Crippen molar-refractivity contribution in [3.8, 4) is 11.3 Å². The quantitative estimate of drug-likeness (QED) is 0.763. The summed E-state index contributed by atoms with van der Waals surface area (Å²) in [6.45, 7) is 4.69. The number of thiazole rings is 1. The lowest BCUT2D eigenvalue weighted by atomic mass is 9.84. The average molecular weight is 398 g/mol. The van der Waals surface area contributed by atoms with Gasteiger partial charge in [-0.1, -0.05) is 26.3 Å². The molecule has 0 unspecified atom stereocenters. The van der Waals surface area contributed by atoms with Crippen molar-refractivity contribution in [2.75, 3.05) is 23.4 Å². The molecule has 1 aliphatic carbocycles. The minimum atomic E-state index is -0.00420. The number of benzene rings is 1. The molecule has 2 amide bonds. The van der Waals surface area contributed by atoms with Crippen LogP contribution in [0.3, 0.4) is 0 Å². The van der Waals surface area contributed by atoms with Gasteiger partial charge >= 0.3 is 0 Å². The first kappa shape index (κ1) is 19.1. The first-order chi connectivity index (χ1) is 13.5. The van der Waals surface area contributed by atoms with Crippen LogP contribution in [0.5, 0.6) is 0 Å². The van der Waals surface area contributed by atoms with Crippen molar-refractivity contribution in [3.63, 3.8) is 0 Å². The van der Waals surface area contributed by atoms with Gasteiger partial charge in [0.05, 0.1) is 5.69 Å². The Hall–Kier alpha value is -2.21. The number of hydrogen-bond donors (Lipinski definition) is 0. The predicted molar refractivity (Wildman–Crippen MR) is 114 cm³/mol. The van der Waals surface area contributed by atoms with E-state index in [1.165, 1.54) is 16.9 Å². The largest absolute Gasteiger partial charge is 0.312 e. The molecule has 0 radical (unpaired) electrons. The molecule has 2 aromatic rings. The fourth-order valence-electron chi connectivity index (χ4n) is 3.87. The Bertz CT molecular complexity index is 901. The number of carbonyl (C=O) groups is 2. The smallest absolute Gasteiger partial charge is 0.231 e. The standard InChI is InChI=1S/C22H27N3O2S/c1-14(2)20(26)25-11-5-8-17-12-16(9-10-19(17)25)18-13-28-22(23-18)24(3)21(27)15-6-4-7-15/h9-10,12-15H,4-8,11H2,1-3H3. The van der Waals surface area contributed by atoms with E-state index in [0.717, 1.165) is 60.7 Å². The summed E-state index contributed by atoms with van der Waals surface area (Å²) in [5.41, 5.74) is 4.17. The minimum Gasteiger partial charge on any atom is -0.312 e. The molecule has 0 N–H and O–H groups in total. The first-order valence-corrected chi connectivity index (χ1v) is 11.0. The van der Waals surface area contributed by atoms with Crippen molar-refractivity contribution < 1.29 is 9.59 Å². The maximum Gasteiger partial charge on any atom is 0.231 e. The van der Waals surface area contributed by atoms with E-state index in [9.17, 15) is 9.59 Å². The Balaban J connectivity index is 1.57. The summed E-state index contributed by atoms with van der Waals surface area (Å²) in [7, 11) is 1.82. The molecule has 1 aromatic carbocycles. The highest BCUT2D eigenvalue weighted by Crippen LogP contribution is 2.35. The molecule has 4 rings (SSSR count). The molecule has 0 atom stereocenters. The molecule has 148 valence electrons. The molecule has 1 saturated carbocycles. The van der Waals surface area contributed by atoms with Crippen LogP contribution in [0.25, 0.3) is 11.3 Å². The van der Waals surface area contributed by atoms with Crippen LogP contribution in [-0.2, 0) is 16.0 Å². The Morgan fingerprint density at radius 3 is 2.71 bits per heavy atom. The molecule has 0 spiro atoms. The topological polar surface area (TPSA) is 53.5 Å². The maximum absolute atomic E-state index is 12.5. The molecular weight excluding hydrogens is 370 g/mol. The van der Waals surface area contributed by atoms with Crippen molar-refractivity contribution in [3.05, 3.63) is 29.1 Å². The minimum absolute atomic E-state index is 0.00420. The van der Waals surface area contributed by atoms with Gasteiger partial charge in [0.2, 0.25) is 11.8 Å². The van der Waals surface area contributed by atoms with Gasteiger partial charge in [-0.15, -0.1) is 11.3 Å². The highest BCUT2D eigenvalue weighted by Gasteiger charge is 2.30. The number of aromatic nitrogens is 1. The number of hydrogen-bond acceptors (Lipinski definition) is 4. The van der Waals surface area contributed by atoms with E-state index in [-0.39, 0.29) is 23.7 Å². The van der Waals surface area contributed by atoms with Crippen molar-refractivity contribution >= 4 is 34.0 Å². The molecular formula is C22H27N3O2S. The van der Waals surface area contributed by atoms with Crippen LogP contribution in [0.2, 0.25) is 0 Å². The van der Waals surface area contributed by atoms with Crippen LogP contribution in [0.4, 0.5) is 10.8 Å². The number of nitrogens with zero attached hydrogens (tertiary/aromatic N) is 3. The van der Waals surface area contributed by atoms with E-state index in [0.29, 0.717) is 0 Å². The van der Waals surface area contributed by atoms with Crippen LogP contribution in [-0.4, -0.2) is 30.4 Å². The van der Waals surface area contributed by atoms with E-state index < -0.39 is 0 Å². The van der Waals surface area contributed by atoms with E-state index in [4.69, 9.17) is 4.98 Å². The van der Waals surface area contributed by atoms with Gasteiger partial charge in [-0.05, 0) is 43.4 Å². The molecule has 2 heterocycles. The van der Waals surface area contributed by atoms with Crippen molar-refractivity contribution in [2.24, 2.45) is 11.8 Å². The summed E-state index contributed by atoms with van der Waals surface area (Å²) in [6.07, 6.45) is 5.10. The van der Waals surface area contributed by atoms with Crippen molar-refractivity contribution in [2.45, 2.75) is 46.0 Å². The van der Waals surface area contributed by atoms with Crippen LogP contribution >= 0.6 is 11.3 Å². The zero-order chi connectivity index (χ0) is 19.8. The van der Waals surface area contributed by atoms with Gasteiger partial charge in [0.1, 0.15) is 0 Å². The summed E-state index contributed by atoms with van der Waals surface area (Å²) >= 11 is 1.51. The summed E-state index contributed by atoms with van der Waals surface area (Å²) in [6, 6.07) is 6.24. The van der Waals surface area contributed by atoms with Crippen LogP contribution in [0.15, 0.2) is 23.6 Å². The van der Waals surface area contributed by atoms with Gasteiger partial charge in [0, 0.05) is 42.1 Å². The Kier molecular flexibility index (Phi) is 5.23. The van der Waals surface area contributed by atoms with Gasteiger partial charge < -0.3 is 4.90 Å². The molecule has 28 heavy (non-hydrogen) atoms. The maximum atomic E-state index is 12.5. The fraction of sp³-hybridized carbons (Fsp3) is 0.500. The van der Waals surface area contributed by atoms with Gasteiger partial charge in [0.15, 0.2) is 5.13 Å². The Morgan fingerprint density at radius 2 is 2.04 bits per heavy atom. The fourth-order valence-corrected chi connectivity index (χ4v) is 4.68. The second kappa shape index (κ2) is 7.66. The third-order valence-electron chi connectivity index (χ3n) is 5.82. The molecule has 0 bridgehead atoms. The van der Waals surface area contributed by atoms with Crippen molar-refractivity contribution in [1.29, 1.82) is 0 Å². The molecule has 6 heteroatoms. The number of fused-ring (bicyclic) bond motifs is 1. The van der Waals surface area contributed by atoms with Gasteiger partial charge in [-0.2, -0.15) is 0 Å². The van der Waals surface area contributed by atoms with Gasteiger partial charge in [0.25, 0.3) is 0 Å². The van der Waals surface area contributed by atoms with Crippen molar-refractivity contribution in [1.82, 2.24) is 4.98 Å². The predicted octanol–water partition coefficient (Wildman–Crippen LogP) is 4.51. The van der Waals surface area contributed by atoms with Gasteiger partial charge in [-0.25, -0.2) is 4.98 Å². The molecule has 1 aliphatic heterocycles. The number of aryl methyl sites for hydroxylation is 1. The third kappa shape index (κ3) is 3.46. The molecule has 1 fully saturated rings. The molecule has 2 aliphatic rings. The lowest BCUT2D eigenvalue weighted by Crippen LogP contribution is -2.38. The summed E-state index contributed by atoms with van der Waals surface area (Å²) < 4.78 is 0. The summed E-state index contributed by atoms with van der Waals surface area (Å²) in [4.78, 5) is 33.3. The second-order valence-electron chi connectivity index (χ2n) is 8.13. The highest BCUT2D eigenvalue weighted by molar-refractivity contribution is 7.14.